The van der Waals surface area contributed by atoms with E-state index in [0.29, 0.717) is 30.5 Å². The van der Waals surface area contributed by atoms with Crippen LogP contribution in [0.2, 0.25) is 0 Å². The number of β-amino-alcohol motifs (C(OH)–C–C–N with tert-alkyl or cyclic N) is 1. The highest BCUT2D eigenvalue weighted by Crippen LogP contribution is 2.27. The summed E-state index contributed by atoms with van der Waals surface area (Å²) in [4.78, 5) is 30.8. The number of nitrogens with zero attached hydrogens (tertiary/aromatic N) is 2. The second-order valence-electron chi connectivity index (χ2n) is 6.73. The summed E-state index contributed by atoms with van der Waals surface area (Å²) in [5.74, 6) is -0.377. The molecule has 6 nitrogen and oxygen atoms in total. The van der Waals surface area contributed by atoms with E-state index in [1.807, 2.05) is 31.2 Å². The van der Waals surface area contributed by atoms with Crippen LogP contribution < -0.4 is 5.32 Å². The van der Waals surface area contributed by atoms with E-state index in [0.717, 1.165) is 11.1 Å². The molecule has 6 heteroatoms. The smallest absolute Gasteiger partial charge is 0.256 e. The first-order valence-corrected chi connectivity index (χ1v) is 8.50. The number of hydrogen-bond donors (Lipinski definition) is 2. The normalized spacial score (nSPS) is 20.5. The van der Waals surface area contributed by atoms with Crippen LogP contribution >= 0.6 is 0 Å². The lowest BCUT2D eigenvalue weighted by molar-refractivity contribution is -0.127. The van der Waals surface area contributed by atoms with Crippen LogP contribution in [0.1, 0.15) is 35.3 Å². The molecule has 0 aliphatic carbocycles. The molecule has 1 unspecified atom stereocenters. The first-order valence-electron chi connectivity index (χ1n) is 8.50. The minimum absolute atomic E-state index is 0.000174. The molecule has 0 saturated carbocycles. The molecule has 1 atom stereocenters. The van der Waals surface area contributed by atoms with E-state index in [1.54, 1.807) is 18.0 Å². The van der Waals surface area contributed by atoms with Crippen molar-refractivity contribution in [2.75, 3.05) is 20.1 Å². The second-order valence-corrected chi connectivity index (χ2v) is 6.73. The molecule has 2 amide bonds. The molecule has 1 saturated heterocycles. The van der Waals surface area contributed by atoms with E-state index >= 15 is 0 Å². The number of rotatable bonds is 3. The molecule has 1 aromatic carbocycles. The van der Waals surface area contributed by atoms with Gasteiger partial charge in [0.25, 0.3) is 5.91 Å². The topological polar surface area (TPSA) is 82.5 Å². The van der Waals surface area contributed by atoms with Gasteiger partial charge in [0.2, 0.25) is 5.91 Å². The molecule has 2 aromatic rings. The Morgan fingerprint density at radius 1 is 1.32 bits per heavy atom. The van der Waals surface area contributed by atoms with Gasteiger partial charge in [0.1, 0.15) is 0 Å². The number of hydrogen-bond acceptors (Lipinski definition) is 4. The third kappa shape index (κ3) is 3.64. The van der Waals surface area contributed by atoms with Crippen LogP contribution in [-0.4, -0.2) is 52.5 Å². The van der Waals surface area contributed by atoms with Crippen molar-refractivity contribution in [2.45, 2.75) is 31.8 Å². The van der Waals surface area contributed by atoms with Crippen LogP contribution in [0.3, 0.4) is 0 Å². The highest BCUT2D eigenvalue weighted by Gasteiger charge is 2.37. The Hall–Kier alpha value is -2.47. The number of benzene rings is 1. The number of fused-ring (bicyclic) bond motifs is 1. The fraction of sp³-hybridized carbons (Fsp3) is 0.421. The van der Waals surface area contributed by atoms with E-state index in [-0.39, 0.29) is 24.8 Å². The zero-order chi connectivity index (χ0) is 18.0. The number of aryl methyl sites for hydroxylation is 1. The van der Waals surface area contributed by atoms with Crippen molar-refractivity contribution in [3.05, 3.63) is 41.6 Å². The summed E-state index contributed by atoms with van der Waals surface area (Å²) < 4.78 is 0. The maximum atomic E-state index is 13.0. The SMILES string of the molecule is CNC(=O)CC1(O)CCCN(C(=O)c2cccc3ccc(C)nc23)C1. The minimum Gasteiger partial charge on any atom is -0.388 e. The standard InChI is InChI=1S/C19H23N3O3/c1-13-7-8-14-5-3-6-15(17(14)21-13)18(24)22-10-4-9-19(25,12-22)11-16(23)20-2/h3,5-8,25H,4,9-12H2,1-2H3,(H,20,23). The molecule has 1 aliphatic heterocycles. The number of carbonyl (C=O) groups excluding carboxylic acids is 2. The fourth-order valence-corrected chi connectivity index (χ4v) is 3.40. The van der Waals surface area contributed by atoms with Gasteiger partial charge in [-0.2, -0.15) is 0 Å². The monoisotopic (exact) mass is 341 g/mol. The van der Waals surface area contributed by atoms with Gasteiger partial charge in [0.05, 0.1) is 29.6 Å². The number of aliphatic hydroxyl groups is 1. The number of nitrogens with one attached hydrogen (secondary N) is 1. The molecule has 25 heavy (non-hydrogen) atoms. The van der Waals surface area contributed by atoms with Crippen molar-refractivity contribution in [1.29, 1.82) is 0 Å². The van der Waals surface area contributed by atoms with Crippen LogP contribution in [-0.2, 0) is 4.79 Å². The lowest BCUT2D eigenvalue weighted by Crippen LogP contribution is -2.52. The molecule has 2 N–H and O–H groups in total. The summed E-state index contributed by atoms with van der Waals surface area (Å²) in [6.45, 7) is 2.61. The van der Waals surface area contributed by atoms with Crippen LogP contribution in [0.25, 0.3) is 10.9 Å². The highest BCUT2D eigenvalue weighted by atomic mass is 16.3. The predicted molar refractivity (Wildman–Crippen MR) is 95.3 cm³/mol. The molecular formula is C19H23N3O3. The van der Waals surface area contributed by atoms with Gasteiger partial charge < -0.3 is 15.3 Å². The van der Waals surface area contributed by atoms with E-state index in [1.165, 1.54) is 0 Å². The Morgan fingerprint density at radius 2 is 2.12 bits per heavy atom. The van der Waals surface area contributed by atoms with Gasteiger partial charge in [-0.3, -0.25) is 14.6 Å². The average Bonchev–Trinajstić information content (AvgIpc) is 2.60. The molecule has 132 valence electrons. The van der Waals surface area contributed by atoms with Crippen molar-refractivity contribution in [2.24, 2.45) is 0 Å². The van der Waals surface area contributed by atoms with Crippen molar-refractivity contribution in [3.8, 4) is 0 Å². The molecule has 0 spiro atoms. The van der Waals surface area contributed by atoms with E-state index in [2.05, 4.69) is 10.3 Å². The minimum atomic E-state index is -1.18. The van der Waals surface area contributed by atoms with Gasteiger partial charge >= 0.3 is 0 Å². The molecule has 1 fully saturated rings. The van der Waals surface area contributed by atoms with E-state index in [9.17, 15) is 14.7 Å². The first-order chi connectivity index (χ1) is 11.9. The lowest BCUT2D eigenvalue weighted by atomic mass is 9.89. The maximum absolute atomic E-state index is 13.0. The Morgan fingerprint density at radius 3 is 2.88 bits per heavy atom. The van der Waals surface area contributed by atoms with E-state index < -0.39 is 5.60 Å². The van der Waals surface area contributed by atoms with Gasteiger partial charge in [-0.05, 0) is 31.9 Å². The van der Waals surface area contributed by atoms with Crippen molar-refractivity contribution in [3.63, 3.8) is 0 Å². The number of piperidine rings is 1. The van der Waals surface area contributed by atoms with Gasteiger partial charge in [-0.1, -0.05) is 18.2 Å². The predicted octanol–water partition coefficient (Wildman–Crippen LogP) is 1.65. The zero-order valence-corrected chi connectivity index (χ0v) is 14.6. The maximum Gasteiger partial charge on any atom is 0.256 e. The largest absolute Gasteiger partial charge is 0.388 e. The molecule has 0 bridgehead atoms. The van der Waals surface area contributed by atoms with Gasteiger partial charge in [-0.15, -0.1) is 0 Å². The lowest BCUT2D eigenvalue weighted by Gasteiger charge is -2.39. The number of likely N-dealkylation sites (tertiary alicyclic amines) is 1. The fourth-order valence-electron chi connectivity index (χ4n) is 3.40. The van der Waals surface area contributed by atoms with Crippen LogP contribution in [0.15, 0.2) is 30.3 Å². The number of amides is 2. The summed E-state index contributed by atoms with van der Waals surface area (Å²) in [5.41, 5.74) is 0.878. The first kappa shape index (κ1) is 17.4. The number of carbonyl (C=O) groups is 2. The van der Waals surface area contributed by atoms with Crippen LogP contribution in [0.4, 0.5) is 0 Å². The van der Waals surface area contributed by atoms with Gasteiger partial charge in [0.15, 0.2) is 0 Å². The Balaban J connectivity index is 1.88. The van der Waals surface area contributed by atoms with Gasteiger partial charge in [0, 0.05) is 24.7 Å². The Bertz CT molecular complexity index is 821. The van der Waals surface area contributed by atoms with Crippen LogP contribution in [0, 0.1) is 6.92 Å². The summed E-state index contributed by atoms with van der Waals surface area (Å²) in [6.07, 6.45) is 1.17. The molecule has 2 heterocycles. The molecular weight excluding hydrogens is 318 g/mol. The summed E-state index contributed by atoms with van der Waals surface area (Å²) in [5, 5.41) is 14.2. The quantitative estimate of drug-likeness (QED) is 0.889. The summed E-state index contributed by atoms with van der Waals surface area (Å²) >= 11 is 0. The van der Waals surface area contributed by atoms with Crippen LogP contribution in [0.5, 0.6) is 0 Å². The zero-order valence-electron chi connectivity index (χ0n) is 14.6. The third-order valence-corrected chi connectivity index (χ3v) is 4.70. The molecule has 1 aromatic heterocycles. The van der Waals surface area contributed by atoms with Crippen molar-refractivity contribution < 1.29 is 14.7 Å². The molecule has 0 radical (unpaired) electrons. The van der Waals surface area contributed by atoms with Crippen molar-refractivity contribution >= 4 is 22.7 Å². The number of aromatic nitrogens is 1. The van der Waals surface area contributed by atoms with E-state index in [4.69, 9.17) is 0 Å². The number of para-hydroxylation sites is 1. The Kier molecular flexibility index (Phi) is 4.72. The summed E-state index contributed by atoms with van der Waals surface area (Å²) in [6, 6.07) is 9.40. The highest BCUT2D eigenvalue weighted by molar-refractivity contribution is 6.05. The summed E-state index contributed by atoms with van der Waals surface area (Å²) in [7, 11) is 1.54. The number of pyridine rings is 1. The van der Waals surface area contributed by atoms with Gasteiger partial charge in [-0.25, -0.2) is 0 Å². The molecule has 3 rings (SSSR count). The second kappa shape index (κ2) is 6.80. The molecule has 1 aliphatic rings. The Labute approximate surface area is 146 Å². The third-order valence-electron chi connectivity index (χ3n) is 4.70. The average molecular weight is 341 g/mol. The van der Waals surface area contributed by atoms with Crippen molar-refractivity contribution in [1.82, 2.24) is 15.2 Å².